The average molecular weight is 625 g/mol. The Balaban J connectivity index is 1.76. The van der Waals surface area contributed by atoms with Gasteiger partial charge in [0, 0.05) is 45.0 Å². The van der Waals surface area contributed by atoms with Crippen LogP contribution in [-0.4, -0.2) is 33.2 Å². The van der Waals surface area contributed by atoms with E-state index in [1.165, 1.54) is 12.2 Å². The van der Waals surface area contributed by atoms with Crippen molar-refractivity contribution in [2.75, 3.05) is 6.54 Å². The predicted molar refractivity (Wildman–Crippen MR) is 169 cm³/mol. The molecule has 4 rings (SSSR count). The first-order valence-electron chi connectivity index (χ1n) is 13.7. The molecule has 0 unspecified atom stereocenters. The number of rotatable bonds is 13. The summed E-state index contributed by atoms with van der Waals surface area (Å²) in [6, 6.07) is 12.8. The van der Waals surface area contributed by atoms with Gasteiger partial charge in [-0.2, -0.15) is 11.0 Å². The molecule has 0 saturated heterocycles. The summed E-state index contributed by atoms with van der Waals surface area (Å²) in [5.74, 6) is 3.68. The van der Waals surface area contributed by atoms with Crippen molar-refractivity contribution in [3.8, 4) is 11.3 Å². The molecular formula is C32H32Cl2FN5O3. The predicted octanol–water partition coefficient (Wildman–Crippen LogP) is 7.54. The van der Waals surface area contributed by atoms with E-state index in [4.69, 9.17) is 29.1 Å². The first-order valence-corrected chi connectivity index (χ1v) is 14.5. The largest absolute Gasteiger partial charge is 0.373 e. The van der Waals surface area contributed by atoms with Crippen LogP contribution in [0.4, 0.5) is 4.39 Å². The molecule has 0 spiro atoms. The van der Waals surface area contributed by atoms with Gasteiger partial charge in [-0.15, -0.1) is 0 Å². The number of aromatic nitrogens is 3. The van der Waals surface area contributed by atoms with E-state index in [0.717, 1.165) is 10.9 Å². The SMILES string of the molecule is C=C(/C=C\C(F)=C/C)c1cnn(Cc2ccc(Cl)cc2)c1-c1c(C(=O)NCCCCCC(=O)ON)[nH]c2cc(Cl)ccc12. The summed E-state index contributed by atoms with van der Waals surface area (Å²) in [7, 11) is 0. The normalized spacial score (nSPS) is 11.8. The van der Waals surface area contributed by atoms with Crippen LogP contribution in [0.25, 0.3) is 27.7 Å². The lowest BCUT2D eigenvalue weighted by atomic mass is 9.99. The summed E-state index contributed by atoms with van der Waals surface area (Å²) in [6.07, 6.45) is 8.10. The molecule has 0 aliphatic carbocycles. The Morgan fingerprint density at radius 2 is 1.86 bits per heavy atom. The topological polar surface area (TPSA) is 115 Å². The second kappa shape index (κ2) is 14.8. The van der Waals surface area contributed by atoms with Crippen LogP contribution in [0.15, 0.2) is 79.3 Å². The van der Waals surface area contributed by atoms with Crippen LogP contribution in [0.2, 0.25) is 10.0 Å². The summed E-state index contributed by atoms with van der Waals surface area (Å²) in [5.41, 5.74) is 4.31. The van der Waals surface area contributed by atoms with E-state index in [2.05, 4.69) is 26.8 Å². The number of nitrogens with two attached hydrogens (primary N) is 1. The number of unbranched alkanes of at least 4 members (excludes halogenated alkanes) is 2. The van der Waals surface area contributed by atoms with E-state index in [1.54, 1.807) is 48.1 Å². The number of H-pyrrole nitrogens is 1. The van der Waals surface area contributed by atoms with E-state index in [9.17, 15) is 14.0 Å². The first-order chi connectivity index (χ1) is 20.7. The minimum absolute atomic E-state index is 0.216. The average Bonchev–Trinajstić information content (AvgIpc) is 3.58. The number of nitrogens with one attached hydrogen (secondary N) is 2. The third-order valence-corrected chi connectivity index (χ3v) is 7.34. The van der Waals surface area contributed by atoms with Gasteiger partial charge in [0.15, 0.2) is 0 Å². The van der Waals surface area contributed by atoms with Crippen molar-refractivity contribution in [3.63, 3.8) is 0 Å². The summed E-state index contributed by atoms with van der Waals surface area (Å²) >= 11 is 12.4. The maximum atomic E-state index is 14.0. The smallest absolute Gasteiger partial charge is 0.324 e. The fourth-order valence-electron chi connectivity index (χ4n) is 4.64. The van der Waals surface area contributed by atoms with Crippen LogP contribution in [0.3, 0.4) is 0 Å². The number of nitrogens with zero attached hydrogens (tertiary/aromatic N) is 2. The number of aromatic amines is 1. The van der Waals surface area contributed by atoms with Gasteiger partial charge >= 0.3 is 5.97 Å². The summed E-state index contributed by atoms with van der Waals surface area (Å²) in [6.45, 7) is 6.54. The van der Waals surface area contributed by atoms with E-state index in [0.29, 0.717) is 76.0 Å². The minimum atomic E-state index is -0.471. The molecule has 43 heavy (non-hydrogen) atoms. The lowest BCUT2D eigenvalue weighted by Gasteiger charge is -2.13. The van der Waals surface area contributed by atoms with Crippen molar-refractivity contribution < 1.29 is 18.8 Å². The van der Waals surface area contributed by atoms with Gasteiger partial charge in [0.25, 0.3) is 5.91 Å². The summed E-state index contributed by atoms with van der Waals surface area (Å²) < 4.78 is 15.8. The van der Waals surface area contributed by atoms with Crippen molar-refractivity contribution in [1.82, 2.24) is 20.1 Å². The van der Waals surface area contributed by atoms with Crippen LogP contribution in [0.1, 0.15) is 54.2 Å². The zero-order chi connectivity index (χ0) is 30.9. The second-order valence-electron chi connectivity index (χ2n) is 9.84. The number of carbonyl (C=O) groups is 2. The molecule has 4 N–H and O–H groups in total. The molecule has 0 fully saturated rings. The van der Waals surface area contributed by atoms with Gasteiger partial charge < -0.3 is 15.1 Å². The molecule has 0 bridgehead atoms. The molecule has 2 aromatic heterocycles. The van der Waals surface area contributed by atoms with E-state index in [1.807, 2.05) is 18.2 Å². The molecule has 224 valence electrons. The number of halogens is 3. The van der Waals surface area contributed by atoms with Gasteiger partial charge in [-0.25, -0.2) is 4.39 Å². The number of fused-ring (bicyclic) bond motifs is 1. The number of hydrogen-bond acceptors (Lipinski definition) is 5. The lowest BCUT2D eigenvalue weighted by molar-refractivity contribution is -0.144. The lowest BCUT2D eigenvalue weighted by Crippen LogP contribution is -2.25. The first kappa shape index (κ1) is 31.7. The van der Waals surface area contributed by atoms with Crippen LogP contribution >= 0.6 is 23.2 Å². The highest BCUT2D eigenvalue weighted by Crippen LogP contribution is 2.38. The summed E-state index contributed by atoms with van der Waals surface area (Å²) in [4.78, 5) is 32.3. The molecular weight excluding hydrogens is 592 g/mol. The molecule has 0 radical (unpaired) electrons. The molecule has 2 heterocycles. The van der Waals surface area contributed by atoms with E-state index < -0.39 is 11.8 Å². The monoisotopic (exact) mass is 623 g/mol. The number of allylic oxidation sites excluding steroid dienone is 5. The molecule has 1 amide bonds. The Labute approximate surface area is 259 Å². The van der Waals surface area contributed by atoms with Gasteiger partial charge in [-0.1, -0.05) is 66.6 Å². The van der Waals surface area contributed by atoms with E-state index in [-0.39, 0.29) is 12.3 Å². The molecule has 0 aliphatic rings. The van der Waals surface area contributed by atoms with Gasteiger partial charge in [-0.05, 0) is 61.2 Å². The molecule has 0 aliphatic heterocycles. The number of carbonyl (C=O) groups excluding carboxylic acids is 2. The Bertz CT molecular complexity index is 1690. The van der Waals surface area contributed by atoms with Crippen molar-refractivity contribution in [3.05, 3.63) is 106 Å². The van der Waals surface area contributed by atoms with Gasteiger partial charge in [0.2, 0.25) is 0 Å². The number of benzene rings is 2. The molecule has 0 saturated carbocycles. The zero-order valence-corrected chi connectivity index (χ0v) is 25.1. The van der Waals surface area contributed by atoms with Crippen LogP contribution in [0.5, 0.6) is 0 Å². The van der Waals surface area contributed by atoms with Crippen molar-refractivity contribution >= 4 is 51.6 Å². The van der Waals surface area contributed by atoms with Gasteiger partial charge in [0.1, 0.15) is 11.5 Å². The number of amides is 1. The van der Waals surface area contributed by atoms with Gasteiger partial charge in [-0.3, -0.25) is 14.3 Å². The standard InChI is InChI=1S/C32H32Cl2FN5O3/c1-3-24(35)14-8-20(2)26-18-38-40(19-21-9-11-22(33)12-10-21)31(26)29-25-15-13-23(34)17-27(25)39-30(29)32(42)37-16-6-4-5-7-28(41)43-36/h3,8-15,17-18,39H,2,4-7,16,19,36H2,1H3,(H,37,42)/b14-8-,24-3+. The fourth-order valence-corrected chi connectivity index (χ4v) is 4.94. The Morgan fingerprint density at radius 1 is 1.12 bits per heavy atom. The molecule has 4 aromatic rings. The quantitative estimate of drug-likeness (QED) is 0.0808. The zero-order valence-electron chi connectivity index (χ0n) is 23.6. The highest BCUT2D eigenvalue weighted by molar-refractivity contribution is 6.31. The third kappa shape index (κ3) is 8.01. The Hall–Kier alpha value is -4.18. The Morgan fingerprint density at radius 3 is 2.58 bits per heavy atom. The van der Waals surface area contributed by atoms with Gasteiger partial charge in [0.05, 0.1) is 18.4 Å². The fraction of sp³-hybridized carbons (Fsp3) is 0.219. The molecule has 2 aromatic carbocycles. The maximum Gasteiger partial charge on any atom is 0.324 e. The second-order valence-corrected chi connectivity index (χ2v) is 10.7. The van der Waals surface area contributed by atoms with Crippen LogP contribution in [0, 0.1) is 0 Å². The van der Waals surface area contributed by atoms with Crippen molar-refractivity contribution in [1.29, 1.82) is 0 Å². The number of hydrogen-bond donors (Lipinski definition) is 3. The highest BCUT2D eigenvalue weighted by Gasteiger charge is 2.25. The maximum absolute atomic E-state index is 14.0. The minimum Gasteiger partial charge on any atom is -0.373 e. The molecule has 11 heteroatoms. The molecule has 0 atom stereocenters. The van der Waals surface area contributed by atoms with Crippen molar-refractivity contribution in [2.24, 2.45) is 5.90 Å². The molecule has 8 nitrogen and oxygen atoms in total. The van der Waals surface area contributed by atoms with E-state index >= 15 is 0 Å². The van der Waals surface area contributed by atoms with Crippen molar-refractivity contribution in [2.45, 2.75) is 39.2 Å². The summed E-state index contributed by atoms with van der Waals surface area (Å²) in [5, 5.41) is 9.51. The highest BCUT2D eigenvalue weighted by atomic mass is 35.5. The Kier molecular flexibility index (Phi) is 10.9. The van der Waals surface area contributed by atoms with Crippen LogP contribution < -0.4 is 11.2 Å². The third-order valence-electron chi connectivity index (χ3n) is 6.85. The van der Waals surface area contributed by atoms with Crippen LogP contribution in [-0.2, 0) is 16.2 Å².